The normalized spacial score (nSPS) is 10.5. The minimum absolute atomic E-state index is 0.0494. The summed E-state index contributed by atoms with van der Waals surface area (Å²) in [6.07, 6.45) is 3.92. The number of nitrogens with one attached hydrogen (secondary N) is 1. The molecular formula is C19H21NO3. The van der Waals surface area contributed by atoms with Crippen LogP contribution in [0.15, 0.2) is 54.6 Å². The van der Waals surface area contributed by atoms with Gasteiger partial charge in [-0.05, 0) is 30.2 Å². The Labute approximate surface area is 136 Å². The van der Waals surface area contributed by atoms with Crippen molar-refractivity contribution >= 4 is 12.0 Å². The fourth-order valence-corrected chi connectivity index (χ4v) is 2.09. The van der Waals surface area contributed by atoms with Crippen LogP contribution in [0.3, 0.4) is 0 Å². The van der Waals surface area contributed by atoms with Gasteiger partial charge in [-0.3, -0.25) is 4.79 Å². The highest BCUT2D eigenvalue weighted by Crippen LogP contribution is 2.28. The Morgan fingerprint density at radius 1 is 1.13 bits per heavy atom. The number of amides is 1. The first-order valence-electron chi connectivity index (χ1n) is 7.47. The third kappa shape index (κ3) is 5.18. The predicted octanol–water partition coefficient (Wildman–Crippen LogP) is 3.42. The molecule has 2 aromatic carbocycles. The lowest BCUT2D eigenvalue weighted by Gasteiger charge is -2.11. The Morgan fingerprint density at radius 3 is 2.61 bits per heavy atom. The molecule has 2 rings (SSSR count). The summed E-state index contributed by atoms with van der Waals surface area (Å²) in [5.74, 6) is 0.987. The van der Waals surface area contributed by atoms with E-state index in [0.717, 1.165) is 11.1 Å². The lowest BCUT2D eigenvalue weighted by Crippen LogP contribution is -2.28. The van der Waals surface area contributed by atoms with Gasteiger partial charge in [-0.25, -0.2) is 0 Å². The number of allylic oxidation sites excluding steroid dienone is 1. The zero-order valence-corrected chi connectivity index (χ0v) is 13.4. The molecule has 0 saturated heterocycles. The Kier molecular flexibility index (Phi) is 6.24. The molecule has 0 aliphatic rings. The van der Waals surface area contributed by atoms with Crippen LogP contribution in [0.25, 0.3) is 6.08 Å². The molecule has 0 atom stereocenters. The molecule has 4 heteroatoms. The van der Waals surface area contributed by atoms with Crippen molar-refractivity contribution in [3.05, 3.63) is 65.7 Å². The van der Waals surface area contributed by atoms with Crippen molar-refractivity contribution < 1.29 is 14.3 Å². The maximum Gasteiger partial charge on any atom is 0.258 e. The van der Waals surface area contributed by atoms with Gasteiger partial charge < -0.3 is 14.8 Å². The van der Waals surface area contributed by atoms with Gasteiger partial charge in [-0.15, -0.1) is 0 Å². The van der Waals surface area contributed by atoms with Crippen LogP contribution in [0, 0.1) is 0 Å². The molecule has 0 fully saturated rings. The van der Waals surface area contributed by atoms with E-state index in [1.165, 1.54) is 0 Å². The van der Waals surface area contributed by atoms with Gasteiger partial charge in [0, 0.05) is 6.54 Å². The number of rotatable bonds is 7. The van der Waals surface area contributed by atoms with Gasteiger partial charge in [-0.2, -0.15) is 0 Å². The Hall–Kier alpha value is -2.75. The number of hydrogen-bond acceptors (Lipinski definition) is 3. The van der Waals surface area contributed by atoms with Crippen molar-refractivity contribution in [2.45, 2.75) is 13.5 Å². The van der Waals surface area contributed by atoms with E-state index in [-0.39, 0.29) is 12.5 Å². The second kappa shape index (κ2) is 8.63. The number of methoxy groups -OCH3 is 1. The number of ether oxygens (including phenoxy) is 2. The summed E-state index contributed by atoms with van der Waals surface area (Å²) in [7, 11) is 1.58. The van der Waals surface area contributed by atoms with Gasteiger partial charge in [0.1, 0.15) is 0 Å². The van der Waals surface area contributed by atoms with Crippen LogP contribution in [-0.4, -0.2) is 19.6 Å². The fraction of sp³-hybridized carbons (Fsp3) is 0.211. The first-order valence-corrected chi connectivity index (χ1v) is 7.47. The van der Waals surface area contributed by atoms with Crippen molar-refractivity contribution in [3.8, 4) is 11.5 Å². The van der Waals surface area contributed by atoms with Crippen molar-refractivity contribution in [1.82, 2.24) is 5.32 Å². The van der Waals surface area contributed by atoms with E-state index >= 15 is 0 Å². The van der Waals surface area contributed by atoms with Crippen LogP contribution in [-0.2, 0) is 11.3 Å². The van der Waals surface area contributed by atoms with Crippen LogP contribution in [0.4, 0.5) is 0 Å². The quantitative estimate of drug-likeness (QED) is 0.852. The Balaban J connectivity index is 1.88. The molecule has 1 amide bonds. The summed E-state index contributed by atoms with van der Waals surface area (Å²) in [4.78, 5) is 11.9. The molecule has 0 heterocycles. The molecule has 0 unspecified atom stereocenters. The molecular weight excluding hydrogens is 290 g/mol. The van der Waals surface area contributed by atoms with E-state index < -0.39 is 0 Å². The van der Waals surface area contributed by atoms with Gasteiger partial charge in [0.15, 0.2) is 18.1 Å². The van der Waals surface area contributed by atoms with Gasteiger partial charge in [0.25, 0.3) is 5.91 Å². The summed E-state index contributed by atoms with van der Waals surface area (Å²) in [6, 6.07) is 15.3. The van der Waals surface area contributed by atoms with E-state index in [4.69, 9.17) is 9.47 Å². The van der Waals surface area contributed by atoms with Crippen LogP contribution in [0.1, 0.15) is 18.1 Å². The number of carbonyl (C=O) groups excluding carboxylic acids is 1. The van der Waals surface area contributed by atoms with Crippen LogP contribution >= 0.6 is 0 Å². The molecule has 0 bridgehead atoms. The van der Waals surface area contributed by atoms with Crippen LogP contribution in [0.5, 0.6) is 11.5 Å². The minimum Gasteiger partial charge on any atom is -0.493 e. The highest BCUT2D eigenvalue weighted by Gasteiger charge is 2.08. The zero-order chi connectivity index (χ0) is 16.5. The molecule has 0 saturated carbocycles. The van der Waals surface area contributed by atoms with Crippen molar-refractivity contribution in [2.75, 3.05) is 13.7 Å². The van der Waals surface area contributed by atoms with Gasteiger partial charge in [0.05, 0.1) is 7.11 Å². The smallest absolute Gasteiger partial charge is 0.258 e. The second-order valence-corrected chi connectivity index (χ2v) is 4.96. The van der Waals surface area contributed by atoms with Crippen molar-refractivity contribution in [3.63, 3.8) is 0 Å². The first kappa shape index (κ1) is 16.6. The lowest BCUT2D eigenvalue weighted by molar-refractivity contribution is -0.123. The van der Waals surface area contributed by atoms with E-state index in [0.29, 0.717) is 18.0 Å². The van der Waals surface area contributed by atoms with E-state index in [9.17, 15) is 4.79 Å². The molecule has 23 heavy (non-hydrogen) atoms. The molecule has 0 aromatic heterocycles. The molecule has 4 nitrogen and oxygen atoms in total. The van der Waals surface area contributed by atoms with E-state index in [2.05, 4.69) is 5.32 Å². The van der Waals surface area contributed by atoms with Gasteiger partial charge >= 0.3 is 0 Å². The monoisotopic (exact) mass is 311 g/mol. The minimum atomic E-state index is -0.173. The summed E-state index contributed by atoms with van der Waals surface area (Å²) in [6.45, 7) is 2.39. The zero-order valence-electron chi connectivity index (χ0n) is 13.4. The van der Waals surface area contributed by atoms with Crippen LogP contribution in [0.2, 0.25) is 0 Å². The molecule has 0 aliphatic heterocycles. The number of benzene rings is 2. The SMILES string of the molecule is C/C=C/c1ccc(OCC(=O)NCc2ccccc2)c(OC)c1. The molecule has 0 radical (unpaired) electrons. The van der Waals surface area contributed by atoms with Gasteiger partial charge in [-0.1, -0.05) is 48.6 Å². The molecule has 0 aliphatic carbocycles. The maximum atomic E-state index is 11.9. The largest absolute Gasteiger partial charge is 0.493 e. The average molecular weight is 311 g/mol. The van der Waals surface area contributed by atoms with E-state index in [1.807, 2.05) is 61.5 Å². The fourth-order valence-electron chi connectivity index (χ4n) is 2.09. The summed E-state index contributed by atoms with van der Waals surface area (Å²) < 4.78 is 10.9. The third-order valence-electron chi connectivity index (χ3n) is 3.24. The summed E-state index contributed by atoms with van der Waals surface area (Å²) >= 11 is 0. The van der Waals surface area contributed by atoms with Crippen molar-refractivity contribution in [2.24, 2.45) is 0 Å². The summed E-state index contributed by atoms with van der Waals surface area (Å²) in [5, 5.41) is 2.82. The predicted molar refractivity (Wildman–Crippen MR) is 91.5 cm³/mol. The van der Waals surface area contributed by atoms with Gasteiger partial charge in [0.2, 0.25) is 0 Å². The highest BCUT2D eigenvalue weighted by atomic mass is 16.5. The maximum absolute atomic E-state index is 11.9. The van der Waals surface area contributed by atoms with Crippen molar-refractivity contribution in [1.29, 1.82) is 0 Å². The number of carbonyl (C=O) groups is 1. The second-order valence-electron chi connectivity index (χ2n) is 4.96. The topological polar surface area (TPSA) is 47.6 Å². The summed E-state index contributed by atoms with van der Waals surface area (Å²) in [5.41, 5.74) is 2.07. The molecule has 2 aromatic rings. The first-order chi connectivity index (χ1) is 11.2. The average Bonchev–Trinajstić information content (AvgIpc) is 2.59. The number of hydrogen-bond donors (Lipinski definition) is 1. The molecule has 1 N–H and O–H groups in total. The van der Waals surface area contributed by atoms with Crippen LogP contribution < -0.4 is 14.8 Å². The molecule has 0 spiro atoms. The Morgan fingerprint density at radius 2 is 1.91 bits per heavy atom. The van der Waals surface area contributed by atoms with E-state index in [1.54, 1.807) is 13.2 Å². The molecule has 120 valence electrons. The lowest BCUT2D eigenvalue weighted by atomic mass is 10.2. The standard InChI is InChI=1S/C19H21NO3/c1-3-7-15-10-11-17(18(12-15)22-2)23-14-19(21)20-13-16-8-5-4-6-9-16/h3-12H,13-14H2,1-2H3,(H,20,21)/b7-3+. The highest BCUT2D eigenvalue weighted by molar-refractivity contribution is 5.77. The third-order valence-corrected chi connectivity index (χ3v) is 3.24. The Bertz CT molecular complexity index is 666.